The highest BCUT2D eigenvalue weighted by Crippen LogP contribution is 2.14. The lowest BCUT2D eigenvalue weighted by molar-refractivity contribution is -0.460. The second-order valence-electron chi connectivity index (χ2n) is 2.95. The first-order chi connectivity index (χ1) is 6.75. The number of hydrogen-bond donors (Lipinski definition) is 0. The van der Waals surface area contributed by atoms with Gasteiger partial charge < -0.3 is 0 Å². The van der Waals surface area contributed by atoms with Crippen LogP contribution in [-0.2, 0) is 0 Å². The third kappa shape index (κ3) is 3.20. The van der Waals surface area contributed by atoms with Crippen molar-refractivity contribution >= 4 is 28.4 Å². The number of hydrogen-bond acceptors (Lipinski definition) is 1. The Kier molecular flexibility index (Phi) is 4.77. The van der Waals surface area contributed by atoms with E-state index in [9.17, 15) is 0 Å². The second kappa shape index (κ2) is 5.89. The number of benzene rings is 1. The lowest BCUT2D eigenvalue weighted by Crippen LogP contribution is -2.10. The van der Waals surface area contributed by atoms with Crippen molar-refractivity contribution in [2.75, 3.05) is 14.1 Å². The zero-order valence-corrected chi connectivity index (χ0v) is 9.85. The van der Waals surface area contributed by atoms with Crippen LogP contribution < -0.4 is 0 Å². The molecule has 74 valence electrons. The Hall–Kier alpha value is -0.730. The number of halogens is 1. The summed E-state index contributed by atoms with van der Waals surface area (Å²) in [6.07, 6.45) is 0. The van der Waals surface area contributed by atoms with Gasteiger partial charge in [-0.2, -0.15) is 0 Å². The van der Waals surface area contributed by atoms with Crippen LogP contribution >= 0.6 is 23.4 Å². The van der Waals surface area contributed by atoms with Gasteiger partial charge in [0.15, 0.2) is 0 Å². The maximum absolute atomic E-state index is 5.50. The third-order valence-corrected chi connectivity index (χ3v) is 3.03. The van der Waals surface area contributed by atoms with Gasteiger partial charge in [-0.3, -0.25) is 0 Å². The summed E-state index contributed by atoms with van der Waals surface area (Å²) >= 11 is 7.12. The number of rotatable bonds is 2. The van der Waals surface area contributed by atoms with Crippen molar-refractivity contribution in [1.29, 1.82) is 0 Å². The van der Waals surface area contributed by atoms with Crippen LogP contribution in [-0.4, -0.2) is 23.7 Å². The zero-order valence-electron chi connectivity index (χ0n) is 8.27. The molecule has 3 heteroatoms. The van der Waals surface area contributed by atoms with Crippen LogP contribution in [0.5, 0.6) is 0 Å². The van der Waals surface area contributed by atoms with E-state index in [2.05, 4.69) is 16.7 Å². The van der Waals surface area contributed by atoms with Gasteiger partial charge in [0.25, 0.3) is 0 Å². The van der Waals surface area contributed by atoms with Crippen LogP contribution in [0, 0.1) is 0 Å². The van der Waals surface area contributed by atoms with Crippen molar-refractivity contribution < 1.29 is 4.58 Å². The molecule has 0 unspecified atom stereocenters. The lowest BCUT2D eigenvalue weighted by Gasteiger charge is -1.99. The van der Waals surface area contributed by atoms with Crippen molar-refractivity contribution in [3.05, 3.63) is 46.8 Å². The monoisotopic (exact) mass is 226 g/mol. The zero-order chi connectivity index (χ0) is 10.4. The Morgan fingerprint density at radius 3 is 2.43 bits per heavy atom. The van der Waals surface area contributed by atoms with Gasteiger partial charge >= 0.3 is 0 Å². The standard InChI is InChI=1S/C11H13ClNS/c1-13(2)11(14-9-8-12)10-6-4-3-5-7-10/h3-9H,1-2H3/q+1/b9-8-. The highest BCUT2D eigenvalue weighted by molar-refractivity contribution is 8.16. The maximum Gasteiger partial charge on any atom is 0.245 e. The van der Waals surface area contributed by atoms with Gasteiger partial charge in [-0.1, -0.05) is 29.8 Å². The molecule has 0 radical (unpaired) electrons. The van der Waals surface area contributed by atoms with E-state index >= 15 is 0 Å². The van der Waals surface area contributed by atoms with E-state index < -0.39 is 0 Å². The van der Waals surface area contributed by atoms with Gasteiger partial charge in [-0.15, -0.1) is 0 Å². The smallest absolute Gasteiger partial charge is 0.229 e. The van der Waals surface area contributed by atoms with Crippen molar-refractivity contribution in [2.24, 2.45) is 0 Å². The average Bonchev–Trinajstić information content (AvgIpc) is 2.19. The molecular formula is C11H13ClNS+. The largest absolute Gasteiger partial charge is 0.245 e. The molecule has 0 aliphatic heterocycles. The van der Waals surface area contributed by atoms with Gasteiger partial charge in [0, 0.05) is 5.54 Å². The normalized spacial score (nSPS) is 10.5. The van der Waals surface area contributed by atoms with Crippen molar-refractivity contribution in [1.82, 2.24) is 0 Å². The highest BCUT2D eigenvalue weighted by atomic mass is 35.5. The summed E-state index contributed by atoms with van der Waals surface area (Å²) in [4.78, 5) is 0. The summed E-state index contributed by atoms with van der Waals surface area (Å²) in [5.41, 5.74) is 2.73. The molecule has 0 aromatic heterocycles. The molecule has 0 aliphatic rings. The molecule has 1 rings (SSSR count). The molecule has 0 saturated carbocycles. The summed E-state index contributed by atoms with van der Waals surface area (Å²) in [6.45, 7) is 0. The van der Waals surface area contributed by atoms with Gasteiger partial charge in [-0.25, -0.2) is 4.58 Å². The predicted octanol–water partition coefficient (Wildman–Crippen LogP) is 3.15. The van der Waals surface area contributed by atoms with Crippen LogP contribution in [0.15, 0.2) is 41.3 Å². The Labute approximate surface area is 94.1 Å². The summed E-state index contributed by atoms with van der Waals surface area (Å²) < 4.78 is 2.08. The van der Waals surface area contributed by atoms with E-state index in [0.717, 1.165) is 0 Å². The van der Waals surface area contributed by atoms with E-state index in [4.69, 9.17) is 11.6 Å². The minimum atomic E-state index is 1.18. The van der Waals surface area contributed by atoms with E-state index in [0.29, 0.717) is 0 Å². The van der Waals surface area contributed by atoms with Gasteiger partial charge in [0.05, 0.1) is 5.56 Å². The van der Waals surface area contributed by atoms with E-state index in [1.54, 1.807) is 11.8 Å². The van der Waals surface area contributed by atoms with E-state index in [1.165, 1.54) is 16.1 Å². The molecule has 0 atom stereocenters. The van der Waals surface area contributed by atoms with Crippen LogP contribution in [0.1, 0.15) is 5.56 Å². The third-order valence-electron chi connectivity index (χ3n) is 1.66. The van der Waals surface area contributed by atoms with Crippen molar-refractivity contribution in [2.45, 2.75) is 0 Å². The van der Waals surface area contributed by atoms with E-state index in [-0.39, 0.29) is 0 Å². The summed E-state index contributed by atoms with van der Waals surface area (Å²) in [5.74, 6) is 0. The molecule has 0 saturated heterocycles. The molecule has 1 aromatic carbocycles. The fourth-order valence-corrected chi connectivity index (χ4v) is 1.92. The summed E-state index contributed by atoms with van der Waals surface area (Å²) in [6, 6.07) is 10.3. The lowest BCUT2D eigenvalue weighted by atomic mass is 10.2. The van der Waals surface area contributed by atoms with Crippen LogP contribution in [0.25, 0.3) is 0 Å². The SMILES string of the molecule is C[N+](C)=C(S/C=C\Cl)c1ccccc1. The molecule has 14 heavy (non-hydrogen) atoms. The number of thioether (sulfide) groups is 1. The van der Waals surface area contributed by atoms with Crippen LogP contribution in [0.3, 0.4) is 0 Å². The highest BCUT2D eigenvalue weighted by Gasteiger charge is 2.09. The fourth-order valence-electron chi connectivity index (χ4n) is 1.10. The quantitative estimate of drug-likeness (QED) is 0.425. The Bertz CT molecular complexity index is 340. The van der Waals surface area contributed by atoms with Crippen LogP contribution in [0.4, 0.5) is 0 Å². The average molecular weight is 227 g/mol. The van der Waals surface area contributed by atoms with E-state index in [1.807, 2.05) is 37.7 Å². The first-order valence-electron chi connectivity index (χ1n) is 4.27. The first kappa shape index (κ1) is 11.3. The van der Waals surface area contributed by atoms with Crippen molar-refractivity contribution in [3.8, 4) is 0 Å². The molecule has 1 aromatic rings. The topological polar surface area (TPSA) is 3.01 Å². The maximum atomic E-state index is 5.50. The molecule has 0 bridgehead atoms. The minimum absolute atomic E-state index is 1.18. The molecule has 0 aliphatic carbocycles. The Morgan fingerprint density at radius 2 is 1.93 bits per heavy atom. The molecule has 0 fully saturated rings. The number of nitrogens with zero attached hydrogens (tertiary/aromatic N) is 1. The second-order valence-corrected chi connectivity index (χ2v) is 4.09. The fraction of sp³-hybridized carbons (Fsp3) is 0.182. The first-order valence-corrected chi connectivity index (χ1v) is 5.59. The van der Waals surface area contributed by atoms with Crippen LogP contribution in [0.2, 0.25) is 0 Å². The summed E-state index contributed by atoms with van der Waals surface area (Å²) in [5, 5.41) is 3.05. The summed E-state index contributed by atoms with van der Waals surface area (Å²) in [7, 11) is 4.05. The molecule has 1 nitrogen and oxygen atoms in total. The Balaban J connectivity index is 2.97. The van der Waals surface area contributed by atoms with Crippen molar-refractivity contribution in [3.63, 3.8) is 0 Å². The Morgan fingerprint density at radius 1 is 1.29 bits per heavy atom. The predicted molar refractivity (Wildman–Crippen MR) is 65.2 cm³/mol. The molecule has 0 heterocycles. The van der Waals surface area contributed by atoms with Gasteiger partial charge in [0.1, 0.15) is 14.1 Å². The molecule has 0 N–H and O–H groups in total. The van der Waals surface area contributed by atoms with Gasteiger partial charge in [-0.05, 0) is 29.3 Å². The molecular weight excluding hydrogens is 214 g/mol. The minimum Gasteiger partial charge on any atom is -0.229 e. The van der Waals surface area contributed by atoms with Gasteiger partial charge in [0.2, 0.25) is 5.04 Å². The molecule has 0 spiro atoms. The molecule has 0 amide bonds.